The topological polar surface area (TPSA) is 75.3 Å². The van der Waals surface area contributed by atoms with Gasteiger partial charge in [0.05, 0.1) is 10.6 Å². The van der Waals surface area contributed by atoms with Crippen LogP contribution in [0.4, 0.5) is 5.69 Å². The Hall–Kier alpha value is -3.12. The van der Waals surface area contributed by atoms with E-state index in [9.17, 15) is 13.2 Å². The molecular weight excluding hydrogens is 408 g/mol. The Morgan fingerprint density at radius 2 is 1.61 bits per heavy atom. The molecule has 0 aliphatic carbocycles. The maximum atomic E-state index is 13.1. The zero-order valence-electron chi connectivity index (χ0n) is 18.3. The summed E-state index contributed by atoms with van der Waals surface area (Å²) in [6, 6.07) is 20.1. The molecule has 6 heteroatoms. The van der Waals surface area contributed by atoms with Gasteiger partial charge in [0, 0.05) is 12.1 Å². The van der Waals surface area contributed by atoms with Crippen molar-refractivity contribution in [1.29, 1.82) is 0 Å². The van der Waals surface area contributed by atoms with E-state index in [1.165, 1.54) is 6.07 Å². The second kappa shape index (κ2) is 9.35. The lowest BCUT2D eigenvalue weighted by molar-refractivity contribution is 0.0951. The smallest absolute Gasteiger partial charge is 0.262 e. The second-order valence-corrected chi connectivity index (χ2v) is 9.51. The standard InChI is InChI=1S/C25H28N2O3S/c1-17-9-8-12-23(20(17)4)27-31(29,30)24-15-22(14-13-18(24)2)25(28)26-16-19(3)21-10-6-5-7-11-21/h5-15,19,27H,16H2,1-4H3,(H,26,28)/t19-/m1/s1. The highest BCUT2D eigenvalue weighted by Crippen LogP contribution is 2.24. The first-order valence-corrected chi connectivity index (χ1v) is 11.7. The van der Waals surface area contributed by atoms with Crippen molar-refractivity contribution >= 4 is 21.6 Å². The molecule has 3 aromatic rings. The van der Waals surface area contributed by atoms with Crippen LogP contribution in [0.5, 0.6) is 0 Å². The molecule has 3 rings (SSSR count). The van der Waals surface area contributed by atoms with Crippen LogP contribution < -0.4 is 10.0 Å². The predicted molar refractivity (Wildman–Crippen MR) is 125 cm³/mol. The fourth-order valence-corrected chi connectivity index (χ4v) is 4.73. The van der Waals surface area contributed by atoms with Crippen molar-refractivity contribution < 1.29 is 13.2 Å². The van der Waals surface area contributed by atoms with Crippen LogP contribution in [0, 0.1) is 20.8 Å². The average molecular weight is 437 g/mol. The van der Waals surface area contributed by atoms with Gasteiger partial charge in [0.15, 0.2) is 0 Å². The van der Waals surface area contributed by atoms with Crippen LogP contribution in [0.25, 0.3) is 0 Å². The minimum absolute atomic E-state index is 0.0946. The van der Waals surface area contributed by atoms with Crippen LogP contribution in [-0.4, -0.2) is 20.9 Å². The molecule has 162 valence electrons. The number of nitrogens with one attached hydrogen (secondary N) is 2. The maximum absolute atomic E-state index is 13.1. The summed E-state index contributed by atoms with van der Waals surface area (Å²) in [5, 5.41) is 2.91. The first-order chi connectivity index (χ1) is 14.7. The Balaban J connectivity index is 1.79. The molecular formula is C25H28N2O3S. The number of benzene rings is 3. The minimum atomic E-state index is -3.84. The molecule has 1 amide bonds. The second-order valence-electron chi connectivity index (χ2n) is 7.86. The Labute approximate surface area is 184 Å². The normalized spacial score (nSPS) is 12.3. The van der Waals surface area contributed by atoms with Crippen molar-refractivity contribution in [3.8, 4) is 0 Å². The van der Waals surface area contributed by atoms with Crippen molar-refractivity contribution in [1.82, 2.24) is 5.32 Å². The summed E-state index contributed by atoms with van der Waals surface area (Å²) >= 11 is 0. The number of amides is 1. The Morgan fingerprint density at radius 1 is 0.903 bits per heavy atom. The number of sulfonamides is 1. The maximum Gasteiger partial charge on any atom is 0.262 e. The summed E-state index contributed by atoms with van der Waals surface area (Å²) in [6.07, 6.45) is 0. The van der Waals surface area contributed by atoms with Gasteiger partial charge < -0.3 is 5.32 Å². The summed E-state index contributed by atoms with van der Waals surface area (Å²) in [4.78, 5) is 12.8. The molecule has 0 unspecified atom stereocenters. The fraction of sp³-hybridized carbons (Fsp3) is 0.240. The number of carbonyl (C=O) groups is 1. The lowest BCUT2D eigenvalue weighted by Crippen LogP contribution is -2.28. The fourth-order valence-electron chi connectivity index (χ4n) is 3.34. The van der Waals surface area contributed by atoms with E-state index in [-0.39, 0.29) is 16.7 Å². The lowest BCUT2D eigenvalue weighted by Gasteiger charge is -2.15. The van der Waals surface area contributed by atoms with Crippen LogP contribution in [-0.2, 0) is 10.0 Å². The summed E-state index contributed by atoms with van der Waals surface area (Å²) in [5.74, 6) is -0.157. The van der Waals surface area contributed by atoms with E-state index in [1.54, 1.807) is 25.1 Å². The number of carbonyl (C=O) groups excluding carboxylic acids is 1. The monoisotopic (exact) mass is 436 g/mol. The van der Waals surface area contributed by atoms with Crippen molar-refractivity contribution in [2.45, 2.75) is 38.5 Å². The molecule has 0 aliphatic heterocycles. The molecule has 1 atom stereocenters. The van der Waals surface area contributed by atoms with Gasteiger partial charge in [-0.2, -0.15) is 0 Å². The molecule has 0 bridgehead atoms. The number of hydrogen-bond acceptors (Lipinski definition) is 3. The van der Waals surface area contributed by atoms with E-state index in [0.717, 1.165) is 16.7 Å². The largest absolute Gasteiger partial charge is 0.351 e. The van der Waals surface area contributed by atoms with E-state index in [1.807, 2.05) is 63.2 Å². The third-order valence-electron chi connectivity index (χ3n) is 5.53. The first-order valence-electron chi connectivity index (χ1n) is 10.2. The predicted octanol–water partition coefficient (Wildman–Crippen LogP) is 4.95. The molecule has 0 aliphatic rings. The molecule has 0 spiro atoms. The molecule has 0 saturated heterocycles. The Morgan fingerprint density at radius 3 is 2.32 bits per heavy atom. The van der Waals surface area contributed by atoms with Gasteiger partial charge in [0.2, 0.25) is 0 Å². The van der Waals surface area contributed by atoms with E-state index in [4.69, 9.17) is 0 Å². The third-order valence-corrected chi connectivity index (χ3v) is 7.03. The van der Waals surface area contributed by atoms with Crippen molar-refractivity contribution in [2.75, 3.05) is 11.3 Å². The molecule has 0 radical (unpaired) electrons. The summed E-state index contributed by atoms with van der Waals surface area (Å²) in [6.45, 7) is 8.02. The van der Waals surface area contributed by atoms with Gasteiger partial charge in [-0.15, -0.1) is 0 Å². The van der Waals surface area contributed by atoms with Gasteiger partial charge in [0.1, 0.15) is 0 Å². The average Bonchev–Trinajstić information content (AvgIpc) is 2.75. The number of hydrogen-bond donors (Lipinski definition) is 2. The van der Waals surface area contributed by atoms with Crippen LogP contribution in [0.1, 0.15) is 45.5 Å². The molecule has 31 heavy (non-hydrogen) atoms. The van der Waals surface area contributed by atoms with Gasteiger partial charge in [-0.05, 0) is 67.1 Å². The van der Waals surface area contributed by atoms with Gasteiger partial charge in [0.25, 0.3) is 15.9 Å². The zero-order chi connectivity index (χ0) is 22.6. The van der Waals surface area contributed by atoms with Gasteiger partial charge >= 0.3 is 0 Å². The van der Waals surface area contributed by atoms with Gasteiger partial charge in [-0.1, -0.05) is 55.5 Å². The molecule has 0 saturated carbocycles. The van der Waals surface area contributed by atoms with E-state index < -0.39 is 10.0 Å². The molecule has 2 N–H and O–H groups in total. The highest BCUT2D eigenvalue weighted by atomic mass is 32.2. The quantitative estimate of drug-likeness (QED) is 0.550. The Bertz CT molecular complexity index is 1190. The minimum Gasteiger partial charge on any atom is -0.351 e. The molecule has 0 heterocycles. The van der Waals surface area contributed by atoms with Crippen LogP contribution in [0.2, 0.25) is 0 Å². The van der Waals surface area contributed by atoms with Gasteiger partial charge in [-0.25, -0.2) is 8.42 Å². The van der Waals surface area contributed by atoms with Crippen molar-refractivity contribution in [2.24, 2.45) is 0 Å². The van der Waals surface area contributed by atoms with Crippen molar-refractivity contribution in [3.63, 3.8) is 0 Å². The molecule has 0 fully saturated rings. The van der Waals surface area contributed by atoms with Gasteiger partial charge in [-0.3, -0.25) is 9.52 Å². The van der Waals surface area contributed by atoms with Crippen LogP contribution in [0.15, 0.2) is 71.6 Å². The highest BCUT2D eigenvalue weighted by Gasteiger charge is 2.20. The number of aryl methyl sites for hydroxylation is 2. The molecule has 3 aromatic carbocycles. The number of anilines is 1. The Kier molecular flexibility index (Phi) is 6.81. The SMILES string of the molecule is Cc1ccc(C(=O)NC[C@@H](C)c2ccccc2)cc1S(=O)(=O)Nc1cccc(C)c1C. The number of rotatable bonds is 7. The highest BCUT2D eigenvalue weighted by molar-refractivity contribution is 7.92. The lowest BCUT2D eigenvalue weighted by atomic mass is 10.0. The van der Waals surface area contributed by atoms with E-state index in [0.29, 0.717) is 23.4 Å². The van der Waals surface area contributed by atoms with Crippen LogP contribution >= 0.6 is 0 Å². The molecule has 5 nitrogen and oxygen atoms in total. The molecule has 0 aromatic heterocycles. The first kappa shape index (κ1) is 22.6. The summed E-state index contributed by atoms with van der Waals surface area (Å²) in [5.41, 5.74) is 4.42. The van der Waals surface area contributed by atoms with E-state index >= 15 is 0 Å². The van der Waals surface area contributed by atoms with Crippen LogP contribution in [0.3, 0.4) is 0 Å². The summed E-state index contributed by atoms with van der Waals surface area (Å²) in [7, 11) is -3.84. The van der Waals surface area contributed by atoms with E-state index in [2.05, 4.69) is 10.0 Å². The zero-order valence-corrected chi connectivity index (χ0v) is 19.1. The third kappa shape index (κ3) is 5.33. The van der Waals surface area contributed by atoms with Crippen molar-refractivity contribution in [3.05, 3.63) is 94.5 Å². The summed E-state index contributed by atoms with van der Waals surface area (Å²) < 4.78 is 28.8.